The van der Waals surface area contributed by atoms with Crippen molar-refractivity contribution in [1.29, 1.82) is 0 Å². The zero-order valence-corrected chi connectivity index (χ0v) is 8.19. The highest BCUT2D eigenvalue weighted by atomic mass is 32.1. The Morgan fingerprint density at radius 3 is 2.87 bits per heavy atom. The lowest BCUT2D eigenvalue weighted by Crippen LogP contribution is -2.17. The molecule has 0 radical (unpaired) electrons. The molecule has 0 aliphatic rings. The van der Waals surface area contributed by atoms with E-state index in [1.165, 1.54) is 6.20 Å². The standard InChI is InChI=1S/C8H6F3N3S/c9-8(10,11)4-14-6-5(13-7(14)15)2-1-3-12-6/h1-3H,4H2,(H,13,15). The zero-order chi connectivity index (χ0) is 11.1. The van der Waals surface area contributed by atoms with Crippen molar-refractivity contribution >= 4 is 23.4 Å². The normalized spacial score (nSPS) is 12.2. The highest BCUT2D eigenvalue weighted by Crippen LogP contribution is 2.20. The molecular formula is C8H6F3N3S. The van der Waals surface area contributed by atoms with Gasteiger partial charge in [0.1, 0.15) is 6.54 Å². The number of hydrogen-bond donors (Lipinski definition) is 1. The summed E-state index contributed by atoms with van der Waals surface area (Å²) in [6.45, 7) is -1.12. The number of pyridine rings is 1. The second-order valence-corrected chi connectivity index (χ2v) is 3.39. The Morgan fingerprint density at radius 1 is 1.47 bits per heavy atom. The van der Waals surface area contributed by atoms with Crippen LogP contribution in [-0.4, -0.2) is 20.7 Å². The average Bonchev–Trinajstić information content (AvgIpc) is 2.41. The first-order chi connectivity index (χ1) is 6.97. The van der Waals surface area contributed by atoms with Gasteiger partial charge >= 0.3 is 6.18 Å². The third-order valence-electron chi connectivity index (χ3n) is 1.87. The van der Waals surface area contributed by atoms with E-state index in [-0.39, 0.29) is 10.4 Å². The minimum absolute atomic E-state index is 0.0287. The van der Waals surface area contributed by atoms with Crippen molar-refractivity contribution in [3.05, 3.63) is 23.1 Å². The minimum atomic E-state index is -4.30. The minimum Gasteiger partial charge on any atom is -0.329 e. The molecule has 0 saturated heterocycles. The van der Waals surface area contributed by atoms with E-state index in [0.29, 0.717) is 5.52 Å². The fraction of sp³-hybridized carbons (Fsp3) is 0.250. The maximum atomic E-state index is 12.2. The molecule has 0 amide bonds. The van der Waals surface area contributed by atoms with E-state index in [2.05, 4.69) is 9.97 Å². The smallest absolute Gasteiger partial charge is 0.329 e. The molecule has 0 unspecified atom stereocenters. The van der Waals surface area contributed by atoms with Crippen LogP contribution >= 0.6 is 12.2 Å². The number of aromatic nitrogens is 3. The number of nitrogens with one attached hydrogen (secondary N) is 1. The number of rotatable bonds is 1. The summed E-state index contributed by atoms with van der Waals surface area (Å²) in [5.74, 6) is 0. The second-order valence-electron chi connectivity index (χ2n) is 3.01. The van der Waals surface area contributed by atoms with Crippen molar-refractivity contribution in [2.45, 2.75) is 12.7 Å². The van der Waals surface area contributed by atoms with E-state index < -0.39 is 12.7 Å². The van der Waals surface area contributed by atoms with Gasteiger partial charge in [0.2, 0.25) is 0 Å². The summed E-state index contributed by atoms with van der Waals surface area (Å²) in [5.41, 5.74) is 0.728. The molecule has 0 aliphatic heterocycles. The topological polar surface area (TPSA) is 33.6 Å². The molecule has 2 heterocycles. The molecule has 0 spiro atoms. The number of alkyl halides is 3. The number of hydrogen-bond acceptors (Lipinski definition) is 2. The van der Waals surface area contributed by atoms with Crippen LogP contribution in [0.1, 0.15) is 0 Å². The molecule has 2 aromatic heterocycles. The average molecular weight is 233 g/mol. The predicted octanol–water partition coefficient (Wildman–Crippen LogP) is 2.66. The van der Waals surface area contributed by atoms with Crippen LogP contribution in [-0.2, 0) is 6.54 Å². The third kappa shape index (κ3) is 2.01. The van der Waals surface area contributed by atoms with E-state index in [1.807, 2.05) is 0 Å². The molecule has 2 rings (SSSR count). The first-order valence-corrected chi connectivity index (χ1v) is 4.48. The maximum Gasteiger partial charge on any atom is 0.406 e. The summed E-state index contributed by atoms with van der Waals surface area (Å²) in [5, 5.41) is 0. The lowest BCUT2D eigenvalue weighted by atomic mass is 10.4. The molecule has 0 bridgehead atoms. The second kappa shape index (κ2) is 3.34. The molecule has 7 heteroatoms. The number of H-pyrrole nitrogens is 1. The summed E-state index contributed by atoms with van der Waals surface area (Å²) in [6.07, 6.45) is -2.87. The monoisotopic (exact) mass is 233 g/mol. The van der Waals surface area contributed by atoms with Crippen molar-refractivity contribution < 1.29 is 13.2 Å². The van der Waals surface area contributed by atoms with Gasteiger partial charge in [0, 0.05) is 6.20 Å². The van der Waals surface area contributed by atoms with Crippen LogP contribution in [0.5, 0.6) is 0 Å². The molecule has 0 fully saturated rings. The van der Waals surface area contributed by atoms with E-state index in [4.69, 9.17) is 12.2 Å². The highest BCUT2D eigenvalue weighted by molar-refractivity contribution is 7.71. The highest BCUT2D eigenvalue weighted by Gasteiger charge is 2.29. The van der Waals surface area contributed by atoms with E-state index in [0.717, 1.165) is 4.57 Å². The number of fused-ring (bicyclic) bond motifs is 1. The summed E-state index contributed by atoms with van der Waals surface area (Å²) in [6, 6.07) is 3.26. The van der Waals surface area contributed by atoms with Crippen LogP contribution in [0, 0.1) is 4.77 Å². The van der Waals surface area contributed by atoms with Crippen molar-refractivity contribution in [3.63, 3.8) is 0 Å². The lowest BCUT2D eigenvalue weighted by Gasteiger charge is -2.07. The molecule has 2 aromatic rings. The van der Waals surface area contributed by atoms with E-state index >= 15 is 0 Å². The van der Waals surface area contributed by atoms with Gasteiger partial charge in [-0.05, 0) is 24.4 Å². The van der Waals surface area contributed by atoms with Crippen molar-refractivity contribution in [3.8, 4) is 0 Å². The number of halogens is 3. The Labute approximate surface area is 87.6 Å². The van der Waals surface area contributed by atoms with Crippen LogP contribution in [0.4, 0.5) is 13.2 Å². The van der Waals surface area contributed by atoms with Crippen LogP contribution in [0.25, 0.3) is 11.2 Å². The van der Waals surface area contributed by atoms with E-state index in [1.54, 1.807) is 12.1 Å². The first-order valence-electron chi connectivity index (χ1n) is 4.08. The Balaban J connectivity index is 2.60. The van der Waals surface area contributed by atoms with Gasteiger partial charge in [-0.1, -0.05) is 0 Å². The Morgan fingerprint density at radius 2 is 2.20 bits per heavy atom. The fourth-order valence-electron chi connectivity index (χ4n) is 1.31. The van der Waals surface area contributed by atoms with Gasteiger partial charge in [0.25, 0.3) is 0 Å². The first kappa shape index (κ1) is 10.2. The van der Waals surface area contributed by atoms with Gasteiger partial charge in [-0.2, -0.15) is 13.2 Å². The van der Waals surface area contributed by atoms with Gasteiger partial charge in [-0.15, -0.1) is 0 Å². The SMILES string of the molecule is FC(F)(F)Cn1c(=S)[nH]c2cccnc21. The summed E-state index contributed by atoms with van der Waals surface area (Å²) in [4.78, 5) is 6.52. The van der Waals surface area contributed by atoms with Gasteiger partial charge in [0.05, 0.1) is 5.52 Å². The van der Waals surface area contributed by atoms with Crippen LogP contribution in [0.3, 0.4) is 0 Å². The molecule has 1 N–H and O–H groups in total. The lowest BCUT2D eigenvalue weighted by molar-refractivity contribution is -0.140. The molecular weight excluding hydrogens is 227 g/mol. The summed E-state index contributed by atoms with van der Waals surface area (Å²) < 4.78 is 37.6. The Kier molecular flexibility index (Phi) is 2.26. The molecule has 15 heavy (non-hydrogen) atoms. The van der Waals surface area contributed by atoms with Crippen LogP contribution in [0.15, 0.2) is 18.3 Å². The van der Waals surface area contributed by atoms with Crippen molar-refractivity contribution in [1.82, 2.24) is 14.5 Å². The number of nitrogens with zero attached hydrogens (tertiary/aromatic N) is 2. The Bertz CT molecular complexity index is 540. The van der Waals surface area contributed by atoms with Gasteiger partial charge < -0.3 is 4.98 Å². The fourth-order valence-corrected chi connectivity index (χ4v) is 1.58. The Hall–Kier alpha value is -1.37. The molecule has 0 aromatic carbocycles. The van der Waals surface area contributed by atoms with Crippen LogP contribution in [0.2, 0.25) is 0 Å². The molecule has 0 saturated carbocycles. The molecule has 80 valence electrons. The summed E-state index contributed by atoms with van der Waals surface area (Å²) in [7, 11) is 0. The van der Waals surface area contributed by atoms with Crippen LogP contribution < -0.4 is 0 Å². The maximum absolute atomic E-state index is 12.2. The van der Waals surface area contributed by atoms with Crippen molar-refractivity contribution in [2.24, 2.45) is 0 Å². The predicted molar refractivity (Wildman–Crippen MR) is 51.0 cm³/mol. The molecule has 0 aliphatic carbocycles. The molecule has 3 nitrogen and oxygen atoms in total. The molecule has 0 atom stereocenters. The number of aromatic amines is 1. The third-order valence-corrected chi connectivity index (χ3v) is 2.19. The quantitative estimate of drug-likeness (QED) is 0.768. The zero-order valence-electron chi connectivity index (χ0n) is 7.38. The van der Waals surface area contributed by atoms with E-state index in [9.17, 15) is 13.2 Å². The van der Waals surface area contributed by atoms with Gasteiger partial charge in [-0.25, -0.2) is 4.98 Å². The largest absolute Gasteiger partial charge is 0.406 e. The van der Waals surface area contributed by atoms with Gasteiger partial charge in [0.15, 0.2) is 10.4 Å². The number of imidazole rings is 1. The van der Waals surface area contributed by atoms with Gasteiger partial charge in [-0.3, -0.25) is 4.57 Å². The van der Waals surface area contributed by atoms with Crippen molar-refractivity contribution in [2.75, 3.05) is 0 Å². The summed E-state index contributed by atoms with van der Waals surface area (Å²) >= 11 is 4.79.